The molecule has 13 nitrogen and oxygen atoms in total. The van der Waals surface area contributed by atoms with Gasteiger partial charge in [0.2, 0.25) is 0 Å². The molecular weight excluding hydrogens is 686 g/mol. The molecule has 3 N–H and O–H groups in total. The number of aromatic nitrogens is 3. The Labute approximate surface area is 285 Å². The van der Waals surface area contributed by atoms with Gasteiger partial charge in [0.05, 0.1) is 11.6 Å². The van der Waals surface area contributed by atoms with Crippen LogP contribution in [0, 0.1) is 0 Å². The average Bonchev–Trinajstić information content (AvgIpc) is 3.79. The molecule has 0 saturated carbocycles. The second-order valence-electron chi connectivity index (χ2n) is 9.94. The van der Waals surface area contributed by atoms with Crippen LogP contribution in [0.25, 0.3) is 0 Å². The maximum Gasteiger partial charge on any atom is 0.359 e. The van der Waals surface area contributed by atoms with Crippen LogP contribution in [0.3, 0.4) is 0 Å². The Morgan fingerprint density at radius 2 is 1.87 bits per heavy atom. The summed E-state index contributed by atoms with van der Waals surface area (Å²) < 4.78 is 12.9. The van der Waals surface area contributed by atoms with Crippen molar-refractivity contribution in [2.45, 2.75) is 22.5 Å². The van der Waals surface area contributed by atoms with E-state index in [0.717, 1.165) is 22.5 Å². The van der Waals surface area contributed by atoms with E-state index in [4.69, 9.17) is 31.6 Å². The molecule has 47 heavy (non-hydrogen) atoms. The second-order valence-corrected chi connectivity index (χ2v) is 13.3. The Hall–Kier alpha value is -4.51. The monoisotopic (exact) mass is 711 g/mol. The lowest BCUT2D eigenvalue weighted by Gasteiger charge is -2.49. The van der Waals surface area contributed by atoms with Gasteiger partial charge in [0.25, 0.3) is 11.8 Å². The number of alkyl halides is 1. The maximum atomic E-state index is 14.1. The van der Waals surface area contributed by atoms with Gasteiger partial charge in [-0.3, -0.25) is 14.5 Å². The Balaban J connectivity index is 1.27. The van der Waals surface area contributed by atoms with Crippen LogP contribution in [0.1, 0.15) is 22.9 Å². The van der Waals surface area contributed by atoms with Gasteiger partial charge in [-0.05, 0) is 11.1 Å². The number of carbonyl (C=O) groups is 3. The zero-order valence-corrected chi connectivity index (χ0v) is 27.6. The molecule has 1 fully saturated rings. The molecule has 2 aliphatic rings. The Kier molecular flexibility index (Phi) is 10.3. The first-order valence-electron chi connectivity index (χ1n) is 14.1. The summed E-state index contributed by atoms with van der Waals surface area (Å²) >= 11 is 9.45. The first-order chi connectivity index (χ1) is 22.9. The highest BCUT2D eigenvalue weighted by molar-refractivity contribution is 8.01. The van der Waals surface area contributed by atoms with E-state index in [1.807, 2.05) is 60.7 Å². The number of benzene rings is 2. The van der Waals surface area contributed by atoms with Gasteiger partial charge in [-0.15, -0.1) is 33.1 Å². The lowest BCUT2D eigenvalue weighted by atomic mass is 9.92. The van der Waals surface area contributed by atoms with Gasteiger partial charge in [0, 0.05) is 5.38 Å². The molecule has 1 saturated heterocycles. The highest BCUT2D eigenvalue weighted by Gasteiger charge is 2.55. The van der Waals surface area contributed by atoms with Crippen molar-refractivity contribution in [1.29, 1.82) is 0 Å². The van der Waals surface area contributed by atoms with Crippen LogP contribution in [-0.2, 0) is 28.7 Å². The summed E-state index contributed by atoms with van der Waals surface area (Å²) in [5.74, 6) is -1.41. The SMILES string of the molecule is Nc1nc(/C(=N/OCCCl)C(=O)NC2C(=O)N3C(C(=O)OC(c4ccccc4)c4ccccc4)=C(CSc4nncs4)OCC23)cs1. The van der Waals surface area contributed by atoms with E-state index < -0.39 is 36.0 Å². The number of carbonyl (C=O) groups excluding carboxylic acids is 3. The number of fused-ring (bicyclic) bond motifs is 1. The standard InChI is InChI=1S/C30H26ClN7O6S3/c31-11-12-43-37-22(19-14-45-29(32)34-19)26(39)35-23-20-13-42-21(15-46-30-36-33-16-47-30)24(38(20)27(23)40)28(41)44-25(17-7-3-1-4-8-17)18-9-5-2-6-10-18/h1-10,14,16,20,23,25H,11-13,15H2,(H2,32,34)(H,35,39)/b37-22-. The molecule has 2 aliphatic heterocycles. The van der Waals surface area contributed by atoms with E-state index in [2.05, 4.69) is 25.7 Å². The van der Waals surface area contributed by atoms with Gasteiger partial charge < -0.3 is 25.4 Å². The van der Waals surface area contributed by atoms with E-state index in [1.165, 1.54) is 28.0 Å². The molecule has 2 atom stereocenters. The number of thioether (sulfide) groups is 1. The molecule has 2 aromatic heterocycles. The summed E-state index contributed by atoms with van der Waals surface area (Å²) in [4.78, 5) is 51.8. The van der Waals surface area contributed by atoms with Crippen LogP contribution in [0.5, 0.6) is 0 Å². The minimum atomic E-state index is -1.03. The summed E-state index contributed by atoms with van der Waals surface area (Å²) in [7, 11) is 0. The van der Waals surface area contributed by atoms with Crippen molar-refractivity contribution < 1.29 is 28.7 Å². The van der Waals surface area contributed by atoms with Crippen LogP contribution >= 0.6 is 46.0 Å². The molecule has 0 aliphatic carbocycles. The van der Waals surface area contributed by atoms with Gasteiger partial charge in [-0.2, -0.15) is 0 Å². The minimum absolute atomic E-state index is 0.0130. The van der Waals surface area contributed by atoms with Crippen molar-refractivity contribution in [1.82, 2.24) is 25.4 Å². The predicted octanol–water partition coefficient (Wildman–Crippen LogP) is 3.60. The number of rotatable bonds is 13. The molecule has 2 unspecified atom stereocenters. The van der Waals surface area contributed by atoms with Crippen molar-refractivity contribution in [2.75, 3.05) is 30.6 Å². The third kappa shape index (κ3) is 7.25. The number of hydrogen-bond donors (Lipinski definition) is 2. The Morgan fingerprint density at radius 1 is 1.15 bits per heavy atom. The van der Waals surface area contributed by atoms with Gasteiger partial charge in [-0.25, -0.2) is 9.78 Å². The molecule has 0 spiro atoms. The fourth-order valence-electron chi connectivity index (χ4n) is 4.92. The summed E-state index contributed by atoms with van der Waals surface area (Å²) in [6, 6.07) is 16.9. The molecule has 2 amide bonds. The van der Waals surface area contributed by atoms with Gasteiger partial charge in [0.1, 0.15) is 42.3 Å². The first kappa shape index (κ1) is 32.4. The van der Waals surface area contributed by atoms with E-state index in [1.54, 1.807) is 10.9 Å². The van der Waals surface area contributed by atoms with Crippen molar-refractivity contribution in [3.05, 3.63) is 99.8 Å². The molecule has 2 aromatic carbocycles. The van der Waals surface area contributed by atoms with E-state index in [-0.39, 0.29) is 52.8 Å². The number of halogens is 1. The molecular formula is C30H26ClN7O6S3. The number of nitrogen functional groups attached to an aromatic ring is 1. The summed E-state index contributed by atoms with van der Waals surface area (Å²) in [6.07, 6.45) is -0.765. The number of nitrogens with one attached hydrogen (secondary N) is 1. The van der Waals surface area contributed by atoms with Crippen molar-refractivity contribution in [3.8, 4) is 0 Å². The van der Waals surface area contributed by atoms with E-state index in [9.17, 15) is 14.4 Å². The fraction of sp³-hybridized carbons (Fsp3) is 0.233. The topological polar surface area (TPSA) is 171 Å². The molecule has 0 radical (unpaired) electrons. The molecule has 0 bridgehead atoms. The third-order valence-corrected chi connectivity index (χ3v) is 9.72. The van der Waals surface area contributed by atoms with Gasteiger partial charge in [-0.1, -0.05) is 88.9 Å². The number of anilines is 1. The fourth-order valence-corrected chi connectivity index (χ4v) is 6.97. The molecule has 242 valence electrons. The number of hydrogen-bond acceptors (Lipinski definition) is 14. The van der Waals surface area contributed by atoms with Gasteiger partial charge >= 0.3 is 5.97 Å². The minimum Gasteiger partial charge on any atom is -0.492 e. The summed E-state index contributed by atoms with van der Waals surface area (Å²) in [5.41, 5.74) is 8.81. The van der Waals surface area contributed by atoms with Crippen LogP contribution in [0.2, 0.25) is 0 Å². The van der Waals surface area contributed by atoms with Crippen LogP contribution in [0.15, 0.2) is 92.5 Å². The Bertz CT molecular complexity index is 1750. The van der Waals surface area contributed by atoms with E-state index >= 15 is 0 Å². The molecule has 4 heterocycles. The number of esters is 1. The maximum absolute atomic E-state index is 14.1. The normalized spacial score (nSPS) is 17.5. The molecule has 6 rings (SSSR count). The van der Waals surface area contributed by atoms with E-state index in [0.29, 0.717) is 4.34 Å². The number of amides is 2. The van der Waals surface area contributed by atoms with Crippen LogP contribution in [0.4, 0.5) is 5.13 Å². The number of ether oxygens (including phenoxy) is 2. The second kappa shape index (κ2) is 14.9. The van der Waals surface area contributed by atoms with Crippen molar-refractivity contribution in [3.63, 3.8) is 0 Å². The molecule has 17 heteroatoms. The van der Waals surface area contributed by atoms with Crippen molar-refractivity contribution >= 4 is 74.7 Å². The quantitative estimate of drug-likeness (QED) is 0.0395. The summed E-state index contributed by atoms with van der Waals surface area (Å²) in [5, 5.41) is 16.2. The Morgan fingerprint density at radius 3 is 2.49 bits per heavy atom. The first-order valence-corrected chi connectivity index (χ1v) is 17.4. The zero-order chi connectivity index (χ0) is 32.8. The zero-order valence-electron chi connectivity index (χ0n) is 24.4. The number of nitrogens with zero attached hydrogens (tertiary/aromatic N) is 5. The lowest BCUT2D eigenvalue weighted by molar-refractivity contribution is -0.163. The molecule has 4 aromatic rings. The predicted molar refractivity (Wildman–Crippen MR) is 177 cm³/mol. The number of oxime groups is 1. The van der Waals surface area contributed by atoms with Gasteiger partial charge in [0.15, 0.2) is 27.0 Å². The largest absolute Gasteiger partial charge is 0.492 e. The third-order valence-electron chi connectivity index (χ3n) is 7.03. The smallest absolute Gasteiger partial charge is 0.359 e. The number of thiazole rings is 1. The van der Waals surface area contributed by atoms with Crippen molar-refractivity contribution in [2.24, 2.45) is 5.16 Å². The lowest BCUT2D eigenvalue weighted by Crippen LogP contribution is -2.73. The number of β-lactam (4-membered cyclic amide) rings is 1. The van der Waals surface area contributed by atoms with Crippen LogP contribution in [-0.4, -0.2) is 80.5 Å². The summed E-state index contributed by atoms with van der Waals surface area (Å²) in [6.45, 7) is 0.0603. The average molecular weight is 712 g/mol. The number of nitrogens with two attached hydrogens (primary N) is 1. The highest BCUT2D eigenvalue weighted by Crippen LogP contribution is 2.37. The highest BCUT2D eigenvalue weighted by atomic mass is 35.5. The van der Waals surface area contributed by atoms with Crippen LogP contribution < -0.4 is 11.1 Å².